The van der Waals surface area contributed by atoms with Crippen molar-refractivity contribution in [1.29, 1.82) is 0 Å². The van der Waals surface area contributed by atoms with Crippen LogP contribution in [0.3, 0.4) is 0 Å². The first-order valence-corrected chi connectivity index (χ1v) is 10.7. The Morgan fingerprint density at radius 3 is 2.77 bits per heavy atom. The van der Waals surface area contributed by atoms with Gasteiger partial charge in [-0.15, -0.1) is 0 Å². The molecule has 0 bridgehead atoms. The van der Waals surface area contributed by atoms with Crippen LogP contribution in [0.25, 0.3) is 33.0 Å². The van der Waals surface area contributed by atoms with Crippen molar-refractivity contribution in [2.24, 2.45) is 0 Å². The highest BCUT2D eigenvalue weighted by Crippen LogP contribution is 2.38. The summed E-state index contributed by atoms with van der Waals surface area (Å²) < 4.78 is 59.1. The van der Waals surface area contributed by atoms with Crippen molar-refractivity contribution in [2.45, 2.75) is 12.8 Å². The van der Waals surface area contributed by atoms with E-state index in [2.05, 4.69) is 9.97 Å². The van der Waals surface area contributed by atoms with E-state index in [9.17, 15) is 23.1 Å². The van der Waals surface area contributed by atoms with Crippen LogP contribution in [0.4, 0.5) is 19.0 Å². The summed E-state index contributed by atoms with van der Waals surface area (Å²) in [5, 5.41) is 10.7. The molecule has 0 atom stereocenters. The van der Waals surface area contributed by atoms with Crippen molar-refractivity contribution < 1.29 is 32.2 Å². The minimum atomic E-state index is -3.17. The minimum Gasteiger partial charge on any atom is -0.508 e. The lowest BCUT2D eigenvalue weighted by molar-refractivity contribution is -0.0564. The van der Waals surface area contributed by atoms with Gasteiger partial charge >= 0.3 is 11.6 Å². The Hall–Kier alpha value is -3.86. The van der Waals surface area contributed by atoms with E-state index in [0.29, 0.717) is 10.9 Å². The summed E-state index contributed by atoms with van der Waals surface area (Å²) >= 11 is 0. The van der Waals surface area contributed by atoms with Crippen LogP contribution in [0.1, 0.15) is 5.56 Å². The zero-order chi connectivity index (χ0) is 24.9. The average Bonchev–Trinajstić information content (AvgIpc) is 3.00. The predicted octanol–water partition coefficient (Wildman–Crippen LogP) is 4.04. The van der Waals surface area contributed by atoms with Crippen LogP contribution in [0, 0.1) is 12.7 Å². The van der Waals surface area contributed by atoms with Crippen molar-refractivity contribution in [3.8, 4) is 23.1 Å². The van der Waals surface area contributed by atoms with E-state index in [4.69, 9.17) is 13.9 Å². The number of ether oxygens (including phenoxy) is 2. The highest BCUT2D eigenvalue weighted by atomic mass is 19.3. The van der Waals surface area contributed by atoms with Crippen LogP contribution < -0.4 is 15.3 Å². The van der Waals surface area contributed by atoms with Gasteiger partial charge < -0.3 is 23.9 Å². The highest BCUT2D eigenvalue weighted by molar-refractivity contribution is 6.00. The first kappa shape index (κ1) is 22.9. The molecule has 0 unspecified atom stereocenters. The number of nitrogens with zero attached hydrogens (tertiary/aromatic N) is 3. The molecule has 4 aromatic rings. The number of hydrogen-bond acceptors (Lipinski definition) is 8. The number of phenols is 1. The molecule has 1 saturated heterocycles. The van der Waals surface area contributed by atoms with Gasteiger partial charge in [-0.25, -0.2) is 18.0 Å². The van der Waals surface area contributed by atoms with Crippen LogP contribution >= 0.6 is 0 Å². The molecule has 2 aromatic carbocycles. The molecule has 11 heteroatoms. The van der Waals surface area contributed by atoms with Crippen molar-refractivity contribution >= 4 is 27.5 Å². The SMILES string of the molecule is COc1nc(N2CCOCC(F)(F)C2)c2c(=O)oc(-c3cc(O)cc4cccc(F)c34)c(C)c2n1. The van der Waals surface area contributed by atoms with E-state index in [-0.39, 0.29) is 58.3 Å². The summed E-state index contributed by atoms with van der Waals surface area (Å²) in [6.45, 7) is 0.157. The predicted molar refractivity (Wildman–Crippen MR) is 122 cm³/mol. The largest absolute Gasteiger partial charge is 0.508 e. The van der Waals surface area contributed by atoms with Crippen LogP contribution in [0.5, 0.6) is 11.8 Å². The van der Waals surface area contributed by atoms with Crippen molar-refractivity contribution in [3.63, 3.8) is 0 Å². The molecule has 1 fully saturated rings. The Balaban J connectivity index is 1.81. The molecule has 1 aliphatic heterocycles. The van der Waals surface area contributed by atoms with Gasteiger partial charge in [0, 0.05) is 23.1 Å². The Morgan fingerprint density at radius 2 is 2.00 bits per heavy atom. The number of alkyl halides is 2. The molecule has 5 rings (SSSR count). The van der Waals surface area contributed by atoms with Gasteiger partial charge in [0.1, 0.15) is 29.3 Å². The van der Waals surface area contributed by atoms with Gasteiger partial charge in [0.05, 0.1) is 25.8 Å². The molecule has 2 aromatic heterocycles. The number of aromatic hydroxyl groups is 1. The van der Waals surface area contributed by atoms with Crippen LogP contribution in [0.2, 0.25) is 0 Å². The molecule has 3 heterocycles. The Bertz CT molecular complexity index is 1520. The summed E-state index contributed by atoms with van der Waals surface area (Å²) in [7, 11) is 1.31. The first-order chi connectivity index (χ1) is 16.7. The fraction of sp³-hybridized carbons (Fsp3) is 0.292. The van der Waals surface area contributed by atoms with Gasteiger partial charge in [0.2, 0.25) is 0 Å². The van der Waals surface area contributed by atoms with Gasteiger partial charge in [0.25, 0.3) is 5.92 Å². The van der Waals surface area contributed by atoms with E-state index in [1.807, 2.05) is 0 Å². The van der Waals surface area contributed by atoms with E-state index in [0.717, 1.165) is 0 Å². The second-order valence-corrected chi connectivity index (χ2v) is 8.26. The fourth-order valence-electron chi connectivity index (χ4n) is 4.32. The lowest BCUT2D eigenvalue weighted by Gasteiger charge is -2.25. The number of halogens is 3. The van der Waals surface area contributed by atoms with Crippen molar-refractivity contribution in [1.82, 2.24) is 9.97 Å². The third-order valence-corrected chi connectivity index (χ3v) is 5.84. The smallest absolute Gasteiger partial charge is 0.349 e. The molecule has 1 aliphatic rings. The maximum atomic E-state index is 14.8. The topological polar surface area (TPSA) is 97.9 Å². The molecule has 0 spiro atoms. The fourth-order valence-corrected chi connectivity index (χ4v) is 4.32. The lowest BCUT2D eigenvalue weighted by Crippen LogP contribution is -2.38. The molecule has 1 N–H and O–H groups in total. The zero-order valence-electron chi connectivity index (χ0n) is 18.8. The summed E-state index contributed by atoms with van der Waals surface area (Å²) in [4.78, 5) is 22.9. The van der Waals surface area contributed by atoms with Crippen LogP contribution in [-0.2, 0) is 4.74 Å². The Morgan fingerprint density at radius 1 is 1.20 bits per heavy atom. The minimum absolute atomic E-state index is 0.000356. The van der Waals surface area contributed by atoms with Crippen LogP contribution in [0.15, 0.2) is 39.5 Å². The zero-order valence-corrected chi connectivity index (χ0v) is 18.8. The summed E-state index contributed by atoms with van der Waals surface area (Å²) in [6.07, 6.45) is 0. The second kappa shape index (κ2) is 8.42. The number of benzene rings is 2. The first-order valence-electron chi connectivity index (χ1n) is 10.7. The maximum absolute atomic E-state index is 14.8. The quantitative estimate of drug-likeness (QED) is 0.463. The normalized spacial score (nSPS) is 16.0. The van der Waals surface area contributed by atoms with E-state index in [1.165, 1.54) is 36.3 Å². The van der Waals surface area contributed by atoms with Gasteiger partial charge in [-0.3, -0.25) is 0 Å². The van der Waals surface area contributed by atoms with Gasteiger partial charge in [0.15, 0.2) is 5.82 Å². The standard InChI is InChI=1S/C24H20F3N3O5/c1-12-19-18(21(29-23(28-19)33-2)30-6-7-34-11-24(26,27)10-30)22(32)35-20(12)15-9-14(31)8-13-4-3-5-16(25)17(13)15/h3-5,8-9,31H,6-7,10-11H2,1-2H3. The number of hydrogen-bond donors (Lipinski definition) is 1. The molecular formula is C24H20F3N3O5. The maximum Gasteiger partial charge on any atom is 0.349 e. The van der Waals surface area contributed by atoms with Gasteiger partial charge in [-0.05, 0) is 30.5 Å². The molecule has 0 amide bonds. The highest BCUT2D eigenvalue weighted by Gasteiger charge is 2.36. The number of phenolic OH excluding ortho intramolecular Hbond substituents is 1. The monoisotopic (exact) mass is 487 g/mol. The molecule has 0 saturated carbocycles. The summed E-state index contributed by atoms with van der Waals surface area (Å²) in [5.74, 6) is -4.01. The number of aryl methyl sites for hydroxylation is 1. The van der Waals surface area contributed by atoms with E-state index >= 15 is 0 Å². The molecular weight excluding hydrogens is 467 g/mol. The molecule has 35 heavy (non-hydrogen) atoms. The molecule has 0 aliphatic carbocycles. The molecule has 182 valence electrons. The number of methoxy groups -OCH3 is 1. The number of rotatable bonds is 3. The van der Waals surface area contributed by atoms with E-state index in [1.54, 1.807) is 13.0 Å². The molecule has 8 nitrogen and oxygen atoms in total. The third kappa shape index (κ3) is 4.01. The number of aromatic nitrogens is 2. The number of anilines is 1. The van der Waals surface area contributed by atoms with Crippen LogP contribution in [-0.4, -0.2) is 54.4 Å². The second-order valence-electron chi connectivity index (χ2n) is 8.26. The molecule has 0 radical (unpaired) electrons. The Kier molecular flexibility index (Phi) is 5.51. The lowest BCUT2D eigenvalue weighted by atomic mass is 9.98. The van der Waals surface area contributed by atoms with Gasteiger partial charge in [-0.2, -0.15) is 9.97 Å². The van der Waals surface area contributed by atoms with E-state index < -0.39 is 30.5 Å². The third-order valence-electron chi connectivity index (χ3n) is 5.84. The van der Waals surface area contributed by atoms with Crippen molar-refractivity contribution in [3.05, 3.63) is 52.1 Å². The summed E-state index contributed by atoms with van der Waals surface area (Å²) in [6, 6.07) is 6.89. The number of fused-ring (bicyclic) bond motifs is 2. The summed E-state index contributed by atoms with van der Waals surface area (Å²) in [5.41, 5.74) is -0.350. The van der Waals surface area contributed by atoms with Crippen molar-refractivity contribution in [2.75, 3.05) is 38.3 Å². The Labute approximate surface area is 196 Å². The average molecular weight is 487 g/mol. The van der Waals surface area contributed by atoms with Gasteiger partial charge in [-0.1, -0.05) is 12.1 Å².